The fourth-order valence-electron chi connectivity index (χ4n) is 3.66. The van der Waals surface area contributed by atoms with Crippen LogP contribution in [0.4, 0.5) is 0 Å². The van der Waals surface area contributed by atoms with E-state index in [9.17, 15) is 14.7 Å². The van der Waals surface area contributed by atoms with Gasteiger partial charge in [0.1, 0.15) is 0 Å². The van der Waals surface area contributed by atoms with Gasteiger partial charge in [-0.15, -0.1) is 0 Å². The van der Waals surface area contributed by atoms with Crippen LogP contribution in [0.5, 0.6) is 0 Å². The van der Waals surface area contributed by atoms with Crippen molar-refractivity contribution in [1.82, 2.24) is 4.90 Å². The molecule has 0 aromatic heterocycles. The van der Waals surface area contributed by atoms with E-state index in [1.807, 2.05) is 0 Å². The SMILES string of the molecule is CN(C)C1CC2CCCCC2CC1O.O=C(O)C(O)C(O)C(=O)O. The lowest BCUT2D eigenvalue weighted by molar-refractivity contribution is -0.165. The Balaban J connectivity index is 0.000000257. The minimum Gasteiger partial charge on any atom is -0.479 e. The molecule has 5 N–H and O–H groups in total. The van der Waals surface area contributed by atoms with Gasteiger partial charge in [-0.3, -0.25) is 0 Å². The molecule has 2 aliphatic carbocycles. The van der Waals surface area contributed by atoms with Gasteiger partial charge >= 0.3 is 11.9 Å². The molecule has 24 heavy (non-hydrogen) atoms. The summed E-state index contributed by atoms with van der Waals surface area (Å²) >= 11 is 0. The zero-order valence-electron chi connectivity index (χ0n) is 14.2. The van der Waals surface area contributed by atoms with Gasteiger partial charge < -0.3 is 30.4 Å². The summed E-state index contributed by atoms with van der Waals surface area (Å²) in [6.07, 6.45) is 3.23. The highest BCUT2D eigenvalue weighted by atomic mass is 16.4. The summed E-state index contributed by atoms with van der Waals surface area (Å²) in [5, 5.41) is 42.6. The van der Waals surface area contributed by atoms with E-state index in [1.54, 1.807) is 0 Å². The topological polar surface area (TPSA) is 139 Å². The summed E-state index contributed by atoms with van der Waals surface area (Å²) in [7, 11) is 4.19. The molecule has 0 radical (unpaired) electrons. The van der Waals surface area contributed by atoms with Crippen LogP contribution < -0.4 is 0 Å². The summed E-state index contributed by atoms with van der Waals surface area (Å²) in [5.41, 5.74) is 0. The van der Waals surface area contributed by atoms with Gasteiger partial charge in [0.25, 0.3) is 0 Å². The van der Waals surface area contributed by atoms with Gasteiger partial charge in [0.2, 0.25) is 0 Å². The Kier molecular flexibility index (Phi) is 8.08. The van der Waals surface area contributed by atoms with Crippen LogP contribution in [-0.4, -0.2) is 80.8 Å². The van der Waals surface area contributed by atoms with E-state index in [1.165, 1.54) is 32.1 Å². The second-order valence-electron chi connectivity index (χ2n) is 6.94. The fraction of sp³-hybridized carbons (Fsp3) is 0.875. The van der Waals surface area contributed by atoms with Crippen LogP contribution in [0.3, 0.4) is 0 Å². The summed E-state index contributed by atoms with van der Waals surface area (Å²) in [5.74, 6) is -1.81. The molecule has 0 spiro atoms. The van der Waals surface area contributed by atoms with E-state index >= 15 is 0 Å². The Morgan fingerprint density at radius 3 is 1.71 bits per heavy atom. The van der Waals surface area contributed by atoms with Crippen LogP contribution in [0, 0.1) is 11.8 Å². The first kappa shape index (κ1) is 20.8. The van der Waals surface area contributed by atoms with E-state index in [4.69, 9.17) is 20.4 Å². The lowest BCUT2D eigenvalue weighted by Crippen LogP contribution is -2.47. The molecule has 0 bridgehead atoms. The number of fused-ring (bicyclic) bond motifs is 1. The first-order valence-electron chi connectivity index (χ1n) is 8.31. The lowest BCUT2D eigenvalue weighted by Gasteiger charge is -2.44. The van der Waals surface area contributed by atoms with Gasteiger partial charge in [0.15, 0.2) is 12.2 Å². The Hall–Kier alpha value is -1.22. The molecule has 2 saturated carbocycles. The maximum atomic E-state index is 10.0. The minimum absolute atomic E-state index is 0.0793. The van der Waals surface area contributed by atoms with Gasteiger partial charge in [0, 0.05) is 6.04 Å². The Labute approximate surface area is 141 Å². The average Bonchev–Trinajstić information content (AvgIpc) is 2.52. The largest absolute Gasteiger partial charge is 0.479 e. The number of aliphatic hydroxyl groups is 3. The third kappa shape index (κ3) is 5.70. The van der Waals surface area contributed by atoms with Crippen molar-refractivity contribution in [2.75, 3.05) is 14.1 Å². The highest BCUT2D eigenvalue weighted by Crippen LogP contribution is 2.41. The van der Waals surface area contributed by atoms with Crippen LogP contribution in [0.25, 0.3) is 0 Å². The number of likely N-dealkylation sites (N-methyl/N-ethyl adjacent to an activating group) is 1. The number of rotatable bonds is 4. The highest BCUT2D eigenvalue weighted by molar-refractivity contribution is 5.83. The van der Waals surface area contributed by atoms with Gasteiger partial charge in [-0.2, -0.15) is 0 Å². The quantitative estimate of drug-likeness (QED) is 0.469. The van der Waals surface area contributed by atoms with E-state index in [0.29, 0.717) is 6.04 Å². The molecule has 0 aliphatic heterocycles. The van der Waals surface area contributed by atoms with Crippen LogP contribution in [0.2, 0.25) is 0 Å². The summed E-state index contributed by atoms with van der Waals surface area (Å²) < 4.78 is 0. The van der Waals surface area contributed by atoms with E-state index in [-0.39, 0.29) is 6.10 Å². The molecule has 8 nitrogen and oxygen atoms in total. The third-order valence-electron chi connectivity index (χ3n) is 5.07. The molecule has 0 aromatic carbocycles. The maximum absolute atomic E-state index is 10.0. The number of aliphatic carboxylic acids is 2. The molecular formula is C16H29NO7. The van der Waals surface area contributed by atoms with Gasteiger partial charge in [0.05, 0.1) is 6.10 Å². The van der Waals surface area contributed by atoms with Crippen molar-refractivity contribution in [2.45, 2.75) is 62.9 Å². The Morgan fingerprint density at radius 2 is 1.33 bits per heavy atom. The summed E-state index contributed by atoms with van der Waals surface area (Å²) in [4.78, 5) is 21.7. The van der Waals surface area contributed by atoms with Crippen molar-refractivity contribution in [2.24, 2.45) is 11.8 Å². The number of nitrogens with zero attached hydrogens (tertiary/aromatic N) is 1. The monoisotopic (exact) mass is 347 g/mol. The number of aliphatic hydroxyl groups excluding tert-OH is 3. The van der Waals surface area contributed by atoms with Gasteiger partial charge in [-0.05, 0) is 38.8 Å². The van der Waals surface area contributed by atoms with Gasteiger partial charge in [-0.1, -0.05) is 25.7 Å². The Morgan fingerprint density at radius 1 is 0.917 bits per heavy atom. The predicted molar refractivity (Wildman–Crippen MR) is 85.4 cm³/mol. The maximum Gasteiger partial charge on any atom is 0.335 e. The van der Waals surface area contributed by atoms with Crippen molar-refractivity contribution < 1.29 is 35.1 Å². The van der Waals surface area contributed by atoms with Crippen molar-refractivity contribution in [3.8, 4) is 0 Å². The number of hydrogen-bond donors (Lipinski definition) is 5. The standard InChI is InChI=1S/C12H23NO.C4H6O6/c1-13(2)11-7-9-5-3-4-6-10(9)8-12(11)14;5-1(3(7)8)2(6)4(9)10/h9-12,14H,3-8H2,1-2H3;1-2,5-6H,(H,7,8)(H,9,10). The summed E-state index contributed by atoms with van der Waals surface area (Å²) in [6.45, 7) is 0. The van der Waals surface area contributed by atoms with E-state index < -0.39 is 24.1 Å². The van der Waals surface area contributed by atoms with Crippen molar-refractivity contribution in [3.05, 3.63) is 0 Å². The number of carboxylic acids is 2. The molecule has 140 valence electrons. The number of carboxylic acid groups (broad SMARTS) is 2. The predicted octanol–water partition coefficient (Wildman–Crippen LogP) is -0.245. The Bertz CT molecular complexity index is 411. The highest BCUT2D eigenvalue weighted by Gasteiger charge is 2.37. The first-order valence-corrected chi connectivity index (χ1v) is 8.31. The zero-order valence-corrected chi connectivity index (χ0v) is 14.2. The van der Waals surface area contributed by atoms with Crippen molar-refractivity contribution in [3.63, 3.8) is 0 Å². The van der Waals surface area contributed by atoms with Crippen LogP contribution in [0.15, 0.2) is 0 Å². The molecule has 0 heterocycles. The molecule has 2 aliphatic rings. The minimum atomic E-state index is -2.27. The average molecular weight is 347 g/mol. The van der Waals surface area contributed by atoms with Crippen LogP contribution in [0.1, 0.15) is 38.5 Å². The number of carbonyl (C=O) groups is 2. The van der Waals surface area contributed by atoms with Crippen LogP contribution in [-0.2, 0) is 9.59 Å². The summed E-state index contributed by atoms with van der Waals surface area (Å²) in [6, 6.07) is 0.411. The molecule has 0 aromatic rings. The molecule has 0 amide bonds. The molecular weight excluding hydrogens is 318 g/mol. The second kappa shape index (κ2) is 9.31. The fourth-order valence-corrected chi connectivity index (χ4v) is 3.66. The van der Waals surface area contributed by atoms with Crippen molar-refractivity contribution in [1.29, 1.82) is 0 Å². The van der Waals surface area contributed by atoms with Gasteiger partial charge in [-0.25, -0.2) is 9.59 Å². The lowest BCUT2D eigenvalue weighted by atomic mass is 9.68. The molecule has 2 rings (SSSR count). The zero-order chi connectivity index (χ0) is 18.4. The van der Waals surface area contributed by atoms with Crippen LogP contribution >= 0.6 is 0 Å². The molecule has 0 saturated heterocycles. The molecule has 2 fully saturated rings. The second-order valence-corrected chi connectivity index (χ2v) is 6.94. The normalized spacial score (nSPS) is 32.1. The third-order valence-corrected chi connectivity index (χ3v) is 5.07. The van der Waals surface area contributed by atoms with E-state index in [2.05, 4.69) is 19.0 Å². The smallest absolute Gasteiger partial charge is 0.335 e. The molecule has 6 unspecified atom stereocenters. The van der Waals surface area contributed by atoms with Crippen molar-refractivity contribution >= 4 is 11.9 Å². The molecule has 6 atom stereocenters. The number of hydrogen-bond acceptors (Lipinski definition) is 6. The van der Waals surface area contributed by atoms with E-state index in [0.717, 1.165) is 18.3 Å². The first-order chi connectivity index (χ1) is 11.1. The molecule has 8 heteroatoms.